The van der Waals surface area contributed by atoms with Crippen LogP contribution in [0.15, 0.2) is 12.1 Å². The summed E-state index contributed by atoms with van der Waals surface area (Å²) in [5, 5.41) is 0. The van der Waals surface area contributed by atoms with Gasteiger partial charge in [-0.05, 0) is 12.8 Å². The van der Waals surface area contributed by atoms with Crippen molar-refractivity contribution in [1.82, 2.24) is 0 Å². The van der Waals surface area contributed by atoms with E-state index in [-0.39, 0.29) is 25.2 Å². The minimum absolute atomic E-state index is 0.0409. The van der Waals surface area contributed by atoms with E-state index >= 15 is 17.6 Å². The van der Waals surface area contributed by atoms with Crippen molar-refractivity contribution in [3.63, 3.8) is 0 Å². The van der Waals surface area contributed by atoms with Crippen LogP contribution in [0, 0.1) is 69.8 Å². The van der Waals surface area contributed by atoms with E-state index in [0.717, 1.165) is 69.1 Å². The van der Waals surface area contributed by atoms with E-state index in [9.17, 15) is 35.1 Å². The van der Waals surface area contributed by atoms with Gasteiger partial charge in [-0.1, -0.05) is 155 Å². The second-order valence-corrected chi connectivity index (χ2v) is 15.9. The number of nitrogens with zero attached hydrogens (tertiary/aromatic N) is 1. The first kappa shape index (κ1) is 53.4. The first-order valence-electron chi connectivity index (χ1n) is 22.5. The molecule has 0 atom stereocenters. The number of anilines is 1. The molecule has 0 spiro atoms. The fourth-order valence-corrected chi connectivity index (χ4v) is 7.28. The summed E-state index contributed by atoms with van der Waals surface area (Å²) in [6, 6.07) is -0.493. The molecule has 0 fully saturated rings. The minimum atomic E-state index is -3.28. The molecule has 0 aliphatic heterocycles. The molecular formula is C46H60BF12NO3. The molecule has 0 unspecified atom stereocenters. The molecule has 0 saturated carbocycles. The van der Waals surface area contributed by atoms with Crippen LogP contribution in [-0.4, -0.2) is 20.4 Å². The average Bonchev–Trinajstić information content (AvgIpc) is 3.26. The van der Waals surface area contributed by atoms with Gasteiger partial charge in [0, 0.05) is 25.2 Å². The van der Waals surface area contributed by atoms with Crippen LogP contribution in [0.25, 0.3) is 0 Å². The fourth-order valence-electron chi connectivity index (χ4n) is 7.28. The van der Waals surface area contributed by atoms with Gasteiger partial charge in [0.15, 0.2) is 63.8 Å². The lowest BCUT2D eigenvalue weighted by Crippen LogP contribution is -2.39. The summed E-state index contributed by atoms with van der Waals surface area (Å²) in [5.41, 5.74) is -1.12. The van der Waals surface area contributed by atoms with Crippen LogP contribution in [-0.2, 0) is 0 Å². The van der Waals surface area contributed by atoms with Crippen molar-refractivity contribution in [3.8, 4) is 17.2 Å². The Hall–Kier alpha value is -3.92. The predicted molar refractivity (Wildman–Crippen MR) is 221 cm³/mol. The second kappa shape index (κ2) is 28.8. The molecule has 63 heavy (non-hydrogen) atoms. The third-order valence-electron chi connectivity index (χ3n) is 10.9. The Morgan fingerprint density at radius 3 is 0.984 bits per heavy atom. The Bertz CT molecular complexity index is 1750. The Labute approximate surface area is 364 Å². The molecule has 17 heteroatoms. The van der Waals surface area contributed by atoms with Gasteiger partial charge in [-0.25, -0.2) is 39.5 Å². The molecule has 0 bridgehead atoms. The molecule has 0 heterocycles. The molecule has 3 aromatic rings. The molecule has 0 N–H and O–H groups in total. The summed E-state index contributed by atoms with van der Waals surface area (Å²) >= 11 is 0. The summed E-state index contributed by atoms with van der Waals surface area (Å²) in [5.74, 6) is -32.2. The third kappa shape index (κ3) is 16.9. The van der Waals surface area contributed by atoms with Gasteiger partial charge in [0.2, 0.25) is 23.3 Å². The smallest absolute Gasteiger partial charge is 0.484 e. The number of unbranched alkanes of at least 4 members (excludes halogenated alkanes) is 22. The maximum atomic E-state index is 16.5. The van der Waals surface area contributed by atoms with Crippen molar-refractivity contribution < 1.29 is 66.6 Å². The number of hydrogen-bond acceptors (Lipinski definition) is 4. The van der Waals surface area contributed by atoms with Crippen LogP contribution in [0.1, 0.15) is 168 Å². The van der Waals surface area contributed by atoms with Crippen molar-refractivity contribution in [3.05, 3.63) is 81.9 Å². The third-order valence-corrected chi connectivity index (χ3v) is 10.9. The van der Waals surface area contributed by atoms with Gasteiger partial charge >= 0.3 is 7.32 Å². The number of rotatable bonds is 33. The van der Waals surface area contributed by atoms with Crippen molar-refractivity contribution in [2.75, 3.05) is 18.0 Å². The van der Waals surface area contributed by atoms with Crippen LogP contribution in [0.3, 0.4) is 0 Å². The summed E-state index contributed by atoms with van der Waals surface area (Å²) < 4.78 is 191. The zero-order valence-electron chi connectivity index (χ0n) is 36.3. The number of hydrogen-bond donors (Lipinski definition) is 0. The average molecular weight is 914 g/mol. The molecule has 0 aliphatic carbocycles. The van der Waals surface area contributed by atoms with Crippen LogP contribution < -0.4 is 18.9 Å². The van der Waals surface area contributed by atoms with Crippen molar-refractivity contribution >= 4 is 13.0 Å². The van der Waals surface area contributed by atoms with Crippen molar-refractivity contribution in [2.24, 2.45) is 0 Å². The quantitative estimate of drug-likeness (QED) is 0.0200. The SMILES string of the molecule is CCCCCCCCCCCCCCN(CCCCCCCCCCCCCC)c1c(F)c(F)c(F)c(OB(Oc2c(F)cc(F)c(F)c2F)Oc2c(F)cc(F)c(F)c2F)c1F. The molecule has 4 nitrogen and oxygen atoms in total. The summed E-state index contributed by atoms with van der Waals surface area (Å²) in [7, 11) is -3.28. The van der Waals surface area contributed by atoms with Gasteiger partial charge < -0.3 is 18.9 Å². The highest BCUT2D eigenvalue weighted by molar-refractivity contribution is 6.39. The zero-order valence-corrected chi connectivity index (χ0v) is 36.3. The molecule has 0 aromatic heterocycles. The Morgan fingerprint density at radius 1 is 0.333 bits per heavy atom. The first-order valence-corrected chi connectivity index (χ1v) is 22.5. The molecule has 0 aliphatic rings. The number of benzene rings is 3. The summed E-state index contributed by atoms with van der Waals surface area (Å²) in [6.45, 7) is 4.24. The van der Waals surface area contributed by atoms with E-state index in [2.05, 4.69) is 23.2 Å². The van der Waals surface area contributed by atoms with Gasteiger partial charge in [0.05, 0.1) is 0 Å². The zero-order chi connectivity index (χ0) is 46.3. The summed E-state index contributed by atoms with van der Waals surface area (Å²) in [4.78, 5) is 1.15. The molecular weight excluding hydrogens is 853 g/mol. The van der Waals surface area contributed by atoms with Gasteiger partial charge in [-0.2, -0.15) is 13.2 Å². The van der Waals surface area contributed by atoms with E-state index in [1.807, 2.05) is 0 Å². The molecule has 0 amide bonds. The second-order valence-electron chi connectivity index (χ2n) is 15.9. The lowest BCUT2D eigenvalue weighted by atomic mass is 10.0. The largest absolute Gasteiger partial charge is 0.864 e. The topological polar surface area (TPSA) is 30.9 Å². The highest BCUT2D eigenvalue weighted by atomic mass is 19.2. The number of halogens is 12. The van der Waals surface area contributed by atoms with Gasteiger partial charge in [-0.3, -0.25) is 0 Å². The van der Waals surface area contributed by atoms with E-state index in [1.165, 1.54) is 64.2 Å². The fraction of sp³-hybridized carbons (Fsp3) is 0.609. The Balaban J connectivity index is 1.86. The highest BCUT2D eigenvalue weighted by Gasteiger charge is 2.41. The van der Waals surface area contributed by atoms with Crippen LogP contribution in [0.5, 0.6) is 17.2 Å². The van der Waals surface area contributed by atoms with Gasteiger partial charge in [0.1, 0.15) is 5.69 Å². The minimum Gasteiger partial charge on any atom is -0.484 e. The van der Waals surface area contributed by atoms with Crippen molar-refractivity contribution in [2.45, 2.75) is 168 Å². The molecule has 3 aromatic carbocycles. The normalized spacial score (nSPS) is 11.4. The van der Waals surface area contributed by atoms with E-state index < -0.39 is 100 Å². The van der Waals surface area contributed by atoms with E-state index in [4.69, 9.17) is 4.65 Å². The van der Waals surface area contributed by atoms with E-state index in [0.29, 0.717) is 25.7 Å². The Morgan fingerprint density at radius 2 is 0.635 bits per heavy atom. The molecule has 354 valence electrons. The highest BCUT2D eigenvalue weighted by Crippen LogP contribution is 2.38. The first-order chi connectivity index (χ1) is 30.2. The molecule has 0 radical (unpaired) electrons. The monoisotopic (exact) mass is 913 g/mol. The van der Waals surface area contributed by atoms with Crippen LogP contribution in [0.2, 0.25) is 0 Å². The van der Waals surface area contributed by atoms with Crippen LogP contribution in [0.4, 0.5) is 58.4 Å². The lowest BCUT2D eigenvalue weighted by Gasteiger charge is -2.27. The van der Waals surface area contributed by atoms with Crippen LogP contribution >= 0.6 is 0 Å². The van der Waals surface area contributed by atoms with Crippen molar-refractivity contribution in [1.29, 1.82) is 0 Å². The maximum Gasteiger partial charge on any atom is 0.864 e. The van der Waals surface area contributed by atoms with E-state index in [1.54, 1.807) is 0 Å². The predicted octanol–water partition coefficient (Wildman–Crippen LogP) is 16.1. The molecule has 3 rings (SSSR count). The summed E-state index contributed by atoms with van der Waals surface area (Å²) in [6.07, 6.45) is 23.8. The Kier molecular flexibility index (Phi) is 24.4. The van der Waals surface area contributed by atoms with Gasteiger partial charge in [-0.15, -0.1) is 0 Å². The molecule has 0 saturated heterocycles. The maximum absolute atomic E-state index is 16.5. The van der Waals surface area contributed by atoms with Gasteiger partial charge in [0.25, 0.3) is 0 Å². The lowest BCUT2D eigenvalue weighted by molar-refractivity contribution is 0.258. The standard InChI is InChI=1S/C46H60BF12NO3/c1-3-5-7-9-11-13-15-17-19-21-23-25-27-60(28-26-24-22-20-18-16-14-12-10-8-6-4-2)43-38(55)37(54)41(58)46(42(43)59)63-47(61-44-33(50)29-31(48)35(52)39(44)56)62-45-34(51)30-32(49)36(53)40(45)57/h29-30H,3-28H2,1-2H3.